The van der Waals surface area contributed by atoms with Gasteiger partial charge in [0.2, 0.25) is 0 Å². The van der Waals surface area contributed by atoms with E-state index in [-0.39, 0.29) is 5.92 Å². The van der Waals surface area contributed by atoms with Gasteiger partial charge in [-0.1, -0.05) is 36.8 Å². The highest BCUT2D eigenvalue weighted by Gasteiger charge is 2.41. The zero-order valence-corrected chi connectivity index (χ0v) is 10.8. The summed E-state index contributed by atoms with van der Waals surface area (Å²) in [4.78, 5) is 11.2. The first-order chi connectivity index (χ1) is 8.49. The summed E-state index contributed by atoms with van der Waals surface area (Å²) in [6, 6.07) is 7.68. The van der Waals surface area contributed by atoms with E-state index in [0.29, 0.717) is 12.3 Å². The zero-order valence-electron chi connectivity index (χ0n) is 10.8. The van der Waals surface area contributed by atoms with Gasteiger partial charge in [-0.25, -0.2) is 0 Å². The summed E-state index contributed by atoms with van der Waals surface area (Å²) in [5, 5.41) is 19.6. The molecular formula is C15H20O3. The number of carbonyl (C=O) groups is 1. The van der Waals surface area contributed by atoms with Gasteiger partial charge in [-0.05, 0) is 31.2 Å². The molecule has 4 atom stereocenters. The Morgan fingerprint density at radius 2 is 1.89 bits per heavy atom. The molecule has 1 aromatic rings. The SMILES string of the molecule is Cc1ccc(C(O)C2CC(C)CC2C(=O)O)cc1. The van der Waals surface area contributed by atoms with Crippen molar-refractivity contribution in [2.75, 3.05) is 0 Å². The molecule has 0 bridgehead atoms. The van der Waals surface area contributed by atoms with Gasteiger partial charge in [-0.15, -0.1) is 0 Å². The Labute approximate surface area is 107 Å². The Kier molecular flexibility index (Phi) is 3.71. The molecule has 18 heavy (non-hydrogen) atoms. The highest BCUT2D eigenvalue weighted by Crippen LogP contribution is 2.43. The largest absolute Gasteiger partial charge is 0.481 e. The van der Waals surface area contributed by atoms with Crippen LogP contribution in [0.25, 0.3) is 0 Å². The van der Waals surface area contributed by atoms with Crippen LogP contribution in [0.5, 0.6) is 0 Å². The van der Waals surface area contributed by atoms with E-state index in [0.717, 1.165) is 17.5 Å². The van der Waals surface area contributed by atoms with E-state index < -0.39 is 18.0 Å². The number of hydrogen-bond acceptors (Lipinski definition) is 2. The maximum atomic E-state index is 11.2. The number of carboxylic acids is 1. The second-order valence-corrected chi connectivity index (χ2v) is 5.54. The molecule has 2 N–H and O–H groups in total. The molecule has 1 saturated carbocycles. The van der Waals surface area contributed by atoms with Crippen molar-refractivity contribution in [2.24, 2.45) is 17.8 Å². The van der Waals surface area contributed by atoms with Gasteiger partial charge in [0.1, 0.15) is 0 Å². The highest BCUT2D eigenvalue weighted by molar-refractivity contribution is 5.71. The van der Waals surface area contributed by atoms with Crippen LogP contribution in [0, 0.1) is 24.7 Å². The van der Waals surface area contributed by atoms with Gasteiger partial charge in [0, 0.05) is 5.92 Å². The number of aliphatic hydroxyl groups is 1. The fraction of sp³-hybridized carbons (Fsp3) is 0.533. The predicted molar refractivity (Wildman–Crippen MR) is 69.2 cm³/mol. The zero-order chi connectivity index (χ0) is 13.3. The Hall–Kier alpha value is -1.35. The molecule has 0 radical (unpaired) electrons. The van der Waals surface area contributed by atoms with Gasteiger partial charge in [-0.2, -0.15) is 0 Å². The van der Waals surface area contributed by atoms with E-state index in [1.165, 1.54) is 0 Å². The molecule has 0 amide bonds. The van der Waals surface area contributed by atoms with Gasteiger partial charge in [0.25, 0.3) is 0 Å². The molecule has 1 aliphatic rings. The summed E-state index contributed by atoms with van der Waals surface area (Å²) in [5.41, 5.74) is 1.96. The van der Waals surface area contributed by atoms with Crippen LogP contribution in [0.3, 0.4) is 0 Å². The smallest absolute Gasteiger partial charge is 0.306 e. The van der Waals surface area contributed by atoms with E-state index in [1.807, 2.05) is 31.2 Å². The third-order valence-electron chi connectivity index (χ3n) is 3.99. The molecule has 1 fully saturated rings. The Balaban J connectivity index is 2.19. The van der Waals surface area contributed by atoms with Gasteiger partial charge in [-0.3, -0.25) is 4.79 Å². The van der Waals surface area contributed by atoms with Crippen LogP contribution in [0.1, 0.15) is 37.0 Å². The van der Waals surface area contributed by atoms with Crippen LogP contribution in [-0.2, 0) is 4.79 Å². The third-order valence-corrected chi connectivity index (χ3v) is 3.99. The van der Waals surface area contributed by atoms with Crippen molar-refractivity contribution < 1.29 is 15.0 Å². The lowest BCUT2D eigenvalue weighted by molar-refractivity contribution is -0.144. The Morgan fingerprint density at radius 3 is 2.44 bits per heavy atom. The summed E-state index contributed by atoms with van der Waals surface area (Å²) in [5.74, 6) is -0.997. The molecule has 4 unspecified atom stereocenters. The van der Waals surface area contributed by atoms with E-state index in [4.69, 9.17) is 0 Å². The fourth-order valence-electron chi connectivity index (χ4n) is 2.98. The first-order valence-electron chi connectivity index (χ1n) is 6.46. The lowest BCUT2D eigenvalue weighted by Crippen LogP contribution is -2.23. The molecule has 0 saturated heterocycles. The summed E-state index contributed by atoms with van der Waals surface area (Å²) in [6.45, 7) is 4.05. The van der Waals surface area contributed by atoms with Crippen LogP contribution >= 0.6 is 0 Å². The summed E-state index contributed by atoms with van der Waals surface area (Å²) in [7, 11) is 0. The van der Waals surface area contributed by atoms with Crippen molar-refractivity contribution in [3.05, 3.63) is 35.4 Å². The van der Waals surface area contributed by atoms with Crippen molar-refractivity contribution in [3.63, 3.8) is 0 Å². The number of carboxylic acid groups (broad SMARTS) is 1. The maximum Gasteiger partial charge on any atom is 0.306 e. The second-order valence-electron chi connectivity index (χ2n) is 5.54. The molecule has 2 rings (SSSR count). The third kappa shape index (κ3) is 2.56. The van der Waals surface area contributed by atoms with Gasteiger partial charge >= 0.3 is 5.97 Å². The van der Waals surface area contributed by atoms with Crippen molar-refractivity contribution >= 4 is 5.97 Å². The normalized spacial score (nSPS) is 29.2. The molecule has 0 heterocycles. The number of aliphatic carboxylic acids is 1. The molecule has 1 aliphatic carbocycles. The minimum atomic E-state index is -0.782. The van der Waals surface area contributed by atoms with Crippen LogP contribution in [0.15, 0.2) is 24.3 Å². The summed E-state index contributed by atoms with van der Waals surface area (Å²) >= 11 is 0. The molecule has 0 aliphatic heterocycles. The predicted octanol–water partition coefficient (Wildman–Crippen LogP) is 2.78. The molecule has 3 nitrogen and oxygen atoms in total. The number of rotatable bonds is 3. The number of aliphatic hydroxyl groups excluding tert-OH is 1. The first kappa shape index (κ1) is 13.1. The molecule has 0 aromatic heterocycles. The monoisotopic (exact) mass is 248 g/mol. The van der Waals surface area contributed by atoms with E-state index >= 15 is 0 Å². The van der Waals surface area contributed by atoms with Crippen LogP contribution in [-0.4, -0.2) is 16.2 Å². The number of hydrogen-bond donors (Lipinski definition) is 2. The van der Waals surface area contributed by atoms with Crippen molar-refractivity contribution in [1.82, 2.24) is 0 Å². The topological polar surface area (TPSA) is 57.5 Å². The Morgan fingerprint density at radius 1 is 1.28 bits per heavy atom. The quantitative estimate of drug-likeness (QED) is 0.864. The minimum Gasteiger partial charge on any atom is -0.481 e. The lowest BCUT2D eigenvalue weighted by Gasteiger charge is -2.22. The summed E-state index contributed by atoms with van der Waals surface area (Å²) < 4.78 is 0. The molecule has 1 aromatic carbocycles. The second kappa shape index (κ2) is 5.11. The van der Waals surface area contributed by atoms with E-state index in [2.05, 4.69) is 6.92 Å². The van der Waals surface area contributed by atoms with Crippen molar-refractivity contribution in [1.29, 1.82) is 0 Å². The Bertz CT molecular complexity index is 424. The van der Waals surface area contributed by atoms with Crippen LogP contribution in [0.2, 0.25) is 0 Å². The molecule has 3 heteroatoms. The fourth-order valence-corrected chi connectivity index (χ4v) is 2.98. The van der Waals surface area contributed by atoms with Crippen molar-refractivity contribution in [2.45, 2.75) is 32.8 Å². The standard InChI is InChI=1S/C15H20O3/c1-9-3-5-11(6-4-9)14(16)12-7-10(2)8-13(12)15(17)18/h3-6,10,12-14,16H,7-8H2,1-2H3,(H,17,18). The molecular weight excluding hydrogens is 228 g/mol. The first-order valence-corrected chi connectivity index (χ1v) is 6.46. The number of aryl methyl sites for hydroxylation is 1. The molecule has 98 valence electrons. The average molecular weight is 248 g/mol. The molecule has 0 spiro atoms. The maximum absolute atomic E-state index is 11.2. The van der Waals surface area contributed by atoms with Crippen molar-refractivity contribution in [3.8, 4) is 0 Å². The number of benzene rings is 1. The average Bonchev–Trinajstić information content (AvgIpc) is 2.71. The lowest BCUT2D eigenvalue weighted by atomic mass is 9.87. The summed E-state index contributed by atoms with van der Waals surface area (Å²) in [6.07, 6.45) is 0.784. The van der Waals surface area contributed by atoms with Gasteiger partial charge in [0.05, 0.1) is 12.0 Å². The highest BCUT2D eigenvalue weighted by atomic mass is 16.4. The minimum absolute atomic E-state index is 0.166. The van der Waals surface area contributed by atoms with Gasteiger partial charge < -0.3 is 10.2 Å². The van der Waals surface area contributed by atoms with Gasteiger partial charge in [0.15, 0.2) is 0 Å². The van der Waals surface area contributed by atoms with Crippen LogP contribution in [0.4, 0.5) is 0 Å². The van der Waals surface area contributed by atoms with E-state index in [1.54, 1.807) is 0 Å². The van der Waals surface area contributed by atoms with E-state index in [9.17, 15) is 15.0 Å². The van der Waals surface area contributed by atoms with Crippen LogP contribution < -0.4 is 0 Å².